The monoisotopic (exact) mass is 268 g/mol. The van der Waals surface area contributed by atoms with Crippen LogP contribution in [0.15, 0.2) is 4.99 Å². The van der Waals surface area contributed by atoms with Gasteiger partial charge in [-0.1, -0.05) is 20.8 Å². The molecule has 112 valence electrons. The molecule has 1 rings (SSSR count). The number of hydrogen-bond donors (Lipinski definition) is 1. The molecule has 0 saturated carbocycles. The Morgan fingerprint density at radius 1 is 1.42 bits per heavy atom. The third-order valence-corrected chi connectivity index (χ3v) is 4.16. The van der Waals surface area contributed by atoms with E-state index in [0.717, 1.165) is 44.6 Å². The summed E-state index contributed by atoms with van der Waals surface area (Å²) in [6, 6.07) is 0.550. The number of nitrogens with zero attached hydrogens (tertiary/aromatic N) is 3. The van der Waals surface area contributed by atoms with Crippen LogP contribution in [0.4, 0.5) is 0 Å². The fraction of sp³-hybridized carbons (Fsp3) is 0.933. The van der Waals surface area contributed by atoms with E-state index in [-0.39, 0.29) is 0 Å². The van der Waals surface area contributed by atoms with E-state index in [4.69, 9.17) is 0 Å². The molecule has 2 atom stereocenters. The number of nitrogens with one attached hydrogen (secondary N) is 1. The quantitative estimate of drug-likeness (QED) is 0.611. The predicted molar refractivity (Wildman–Crippen MR) is 83.7 cm³/mol. The van der Waals surface area contributed by atoms with E-state index in [9.17, 15) is 0 Å². The molecular weight excluding hydrogens is 236 g/mol. The van der Waals surface area contributed by atoms with Crippen molar-refractivity contribution >= 4 is 5.96 Å². The number of guanidine groups is 1. The molecule has 0 aliphatic carbocycles. The number of rotatable bonds is 5. The fourth-order valence-electron chi connectivity index (χ4n) is 2.93. The highest BCUT2D eigenvalue weighted by Crippen LogP contribution is 2.15. The molecule has 2 unspecified atom stereocenters. The highest BCUT2D eigenvalue weighted by Gasteiger charge is 2.19. The summed E-state index contributed by atoms with van der Waals surface area (Å²) < 4.78 is 0. The number of piperidine rings is 1. The molecular formula is C15H32N4. The summed E-state index contributed by atoms with van der Waals surface area (Å²) >= 11 is 0. The molecule has 0 bridgehead atoms. The van der Waals surface area contributed by atoms with Crippen molar-refractivity contribution in [1.82, 2.24) is 15.1 Å². The first-order chi connectivity index (χ1) is 9.12. The number of aliphatic imine (C=N–C) groups is 1. The second-order valence-corrected chi connectivity index (χ2v) is 5.69. The van der Waals surface area contributed by atoms with Gasteiger partial charge in [0, 0.05) is 32.7 Å². The fourth-order valence-corrected chi connectivity index (χ4v) is 2.93. The Labute approximate surface area is 119 Å². The Morgan fingerprint density at radius 3 is 2.63 bits per heavy atom. The van der Waals surface area contributed by atoms with Crippen molar-refractivity contribution in [2.75, 3.05) is 39.8 Å². The predicted octanol–water partition coefficient (Wildman–Crippen LogP) is 2.02. The van der Waals surface area contributed by atoms with Gasteiger partial charge in [-0.25, -0.2) is 0 Å². The highest BCUT2D eigenvalue weighted by atomic mass is 15.3. The van der Waals surface area contributed by atoms with Crippen LogP contribution in [0.2, 0.25) is 0 Å². The van der Waals surface area contributed by atoms with Crippen LogP contribution in [0.3, 0.4) is 0 Å². The average Bonchev–Trinajstić information content (AvgIpc) is 2.41. The summed E-state index contributed by atoms with van der Waals surface area (Å²) in [5.74, 6) is 1.86. The molecule has 1 aliphatic heterocycles. The molecule has 0 spiro atoms. The summed E-state index contributed by atoms with van der Waals surface area (Å²) in [7, 11) is 1.89. The zero-order chi connectivity index (χ0) is 14.3. The van der Waals surface area contributed by atoms with Crippen molar-refractivity contribution in [3.63, 3.8) is 0 Å². The SMILES string of the molecule is CCN(CC)C(C)CNC(=NC)N1CCCC(C)C1. The average molecular weight is 268 g/mol. The molecule has 4 nitrogen and oxygen atoms in total. The summed E-state index contributed by atoms with van der Waals surface area (Å²) in [6.45, 7) is 14.5. The maximum atomic E-state index is 4.44. The first-order valence-corrected chi connectivity index (χ1v) is 7.81. The Balaban J connectivity index is 2.44. The topological polar surface area (TPSA) is 30.9 Å². The van der Waals surface area contributed by atoms with E-state index in [1.165, 1.54) is 12.8 Å². The van der Waals surface area contributed by atoms with Gasteiger partial charge in [0.15, 0.2) is 5.96 Å². The van der Waals surface area contributed by atoms with E-state index in [1.807, 2.05) is 7.05 Å². The van der Waals surface area contributed by atoms with Crippen LogP contribution in [0.5, 0.6) is 0 Å². The van der Waals surface area contributed by atoms with E-state index < -0.39 is 0 Å². The molecule has 1 N–H and O–H groups in total. The van der Waals surface area contributed by atoms with Gasteiger partial charge < -0.3 is 10.2 Å². The summed E-state index contributed by atoms with van der Waals surface area (Å²) in [4.78, 5) is 9.32. The lowest BCUT2D eigenvalue weighted by Gasteiger charge is -2.35. The first-order valence-electron chi connectivity index (χ1n) is 7.81. The maximum Gasteiger partial charge on any atom is 0.193 e. The van der Waals surface area contributed by atoms with E-state index in [1.54, 1.807) is 0 Å². The van der Waals surface area contributed by atoms with Gasteiger partial charge in [-0.3, -0.25) is 9.89 Å². The molecule has 0 amide bonds. The van der Waals surface area contributed by atoms with Crippen LogP contribution >= 0.6 is 0 Å². The first kappa shape index (κ1) is 16.3. The van der Waals surface area contributed by atoms with Crippen LogP contribution in [0.25, 0.3) is 0 Å². The normalized spacial score (nSPS) is 22.7. The standard InChI is InChI=1S/C15H32N4/c1-6-18(7-2)14(4)11-17-15(16-5)19-10-8-9-13(3)12-19/h13-14H,6-12H2,1-5H3,(H,16,17). The lowest BCUT2D eigenvalue weighted by Crippen LogP contribution is -2.50. The molecule has 0 aromatic rings. The Bertz CT molecular complexity index is 273. The summed E-state index contributed by atoms with van der Waals surface area (Å²) in [5.41, 5.74) is 0. The Morgan fingerprint density at radius 2 is 2.11 bits per heavy atom. The molecule has 1 saturated heterocycles. The lowest BCUT2D eigenvalue weighted by molar-refractivity contribution is 0.225. The van der Waals surface area contributed by atoms with E-state index in [2.05, 4.69) is 47.8 Å². The molecule has 1 fully saturated rings. The van der Waals surface area contributed by atoms with Gasteiger partial charge in [-0.05, 0) is 38.8 Å². The van der Waals surface area contributed by atoms with Crippen molar-refractivity contribution < 1.29 is 0 Å². The minimum atomic E-state index is 0.550. The minimum Gasteiger partial charge on any atom is -0.355 e. The largest absolute Gasteiger partial charge is 0.355 e. The van der Waals surface area contributed by atoms with E-state index in [0.29, 0.717) is 6.04 Å². The Kier molecular flexibility index (Phi) is 7.21. The second kappa shape index (κ2) is 8.41. The van der Waals surface area contributed by atoms with Gasteiger partial charge >= 0.3 is 0 Å². The second-order valence-electron chi connectivity index (χ2n) is 5.69. The van der Waals surface area contributed by atoms with Crippen LogP contribution in [0, 0.1) is 5.92 Å². The lowest BCUT2D eigenvalue weighted by atomic mass is 10.0. The molecule has 0 aromatic heterocycles. The number of hydrogen-bond acceptors (Lipinski definition) is 2. The van der Waals surface area contributed by atoms with Crippen LogP contribution in [-0.4, -0.2) is 61.6 Å². The molecule has 4 heteroatoms. The van der Waals surface area contributed by atoms with E-state index >= 15 is 0 Å². The third kappa shape index (κ3) is 5.01. The summed E-state index contributed by atoms with van der Waals surface area (Å²) in [5, 5.41) is 3.54. The summed E-state index contributed by atoms with van der Waals surface area (Å²) in [6.07, 6.45) is 2.64. The maximum absolute atomic E-state index is 4.44. The van der Waals surface area contributed by atoms with Gasteiger partial charge in [0.2, 0.25) is 0 Å². The molecule has 1 aliphatic rings. The smallest absolute Gasteiger partial charge is 0.193 e. The molecule has 0 aromatic carbocycles. The zero-order valence-corrected chi connectivity index (χ0v) is 13.4. The van der Waals surface area contributed by atoms with Gasteiger partial charge in [0.05, 0.1) is 0 Å². The number of likely N-dealkylation sites (N-methyl/N-ethyl adjacent to an activating group) is 1. The van der Waals surface area contributed by atoms with Gasteiger partial charge in [-0.2, -0.15) is 0 Å². The third-order valence-electron chi connectivity index (χ3n) is 4.16. The van der Waals surface area contributed by atoms with Crippen LogP contribution in [-0.2, 0) is 0 Å². The molecule has 0 radical (unpaired) electrons. The van der Waals surface area contributed by atoms with Crippen molar-refractivity contribution in [3.05, 3.63) is 0 Å². The van der Waals surface area contributed by atoms with Crippen LogP contribution < -0.4 is 5.32 Å². The highest BCUT2D eigenvalue weighted by molar-refractivity contribution is 5.80. The minimum absolute atomic E-state index is 0.550. The van der Waals surface area contributed by atoms with Gasteiger partial charge in [-0.15, -0.1) is 0 Å². The van der Waals surface area contributed by atoms with Crippen LogP contribution in [0.1, 0.15) is 40.5 Å². The molecule has 1 heterocycles. The van der Waals surface area contributed by atoms with Gasteiger partial charge in [0.25, 0.3) is 0 Å². The zero-order valence-electron chi connectivity index (χ0n) is 13.4. The Hall–Kier alpha value is -0.770. The number of likely N-dealkylation sites (tertiary alicyclic amines) is 1. The van der Waals surface area contributed by atoms with Crippen molar-refractivity contribution in [3.8, 4) is 0 Å². The van der Waals surface area contributed by atoms with Crippen molar-refractivity contribution in [2.24, 2.45) is 10.9 Å². The van der Waals surface area contributed by atoms with Crippen molar-refractivity contribution in [1.29, 1.82) is 0 Å². The van der Waals surface area contributed by atoms with Gasteiger partial charge in [0.1, 0.15) is 0 Å². The molecule has 19 heavy (non-hydrogen) atoms. The van der Waals surface area contributed by atoms with Crippen molar-refractivity contribution in [2.45, 2.75) is 46.6 Å².